The number of carbonyl (C=O) groups is 1. The predicted molar refractivity (Wildman–Crippen MR) is 104 cm³/mol. The molecule has 0 aliphatic rings. The van der Waals surface area contributed by atoms with Crippen molar-refractivity contribution in [3.05, 3.63) is 47.4 Å². The van der Waals surface area contributed by atoms with Crippen LogP contribution < -0.4 is 21.5 Å². The van der Waals surface area contributed by atoms with Gasteiger partial charge in [-0.05, 0) is 12.1 Å². The number of rotatable bonds is 8. The molecule has 28 heavy (non-hydrogen) atoms. The quantitative estimate of drug-likeness (QED) is 0.231. The van der Waals surface area contributed by atoms with Crippen molar-refractivity contribution in [1.29, 1.82) is 0 Å². The minimum Gasteiger partial charge on any atom is -0.506 e. The number of carbonyl (C=O) groups excluding carboxylic acids is 1. The van der Waals surface area contributed by atoms with Crippen LogP contribution in [-0.4, -0.2) is 36.9 Å². The summed E-state index contributed by atoms with van der Waals surface area (Å²) in [6.07, 6.45) is 0. The molecule has 1 amide bonds. The second-order valence-electron chi connectivity index (χ2n) is 5.35. The molecule has 2 rings (SSSR count). The van der Waals surface area contributed by atoms with Gasteiger partial charge in [-0.25, -0.2) is 22.8 Å². The van der Waals surface area contributed by atoms with Crippen molar-refractivity contribution < 1.29 is 22.7 Å². The minimum atomic E-state index is -4.13. The number of amides is 1. The molecule has 0 radical (unpaired) electrons. The number of hydrogen-bond donors (Lipinski definition) is 5. The van der Waals surface area contributed by atoms with Crippen molar-refractivity contribution in [1.82, 2.24) is 10.3 Å². The zero-order valence-electron chi connectivity index (χ0n) is 14.3. The lowest BCUT2D eigenvalue weighted by Gasteiger charge is -2.10. The minimum absolute atomic E-state index is 0.0193. The standard InChI is InChI=1S/C15H17FN6O4S2/c1-8(23)13-14(27-7-21-13)22-28(25,26)10-3-2-9(11(16)4-10)5-19-12(24)6-20-15(17)18/h2-4,7,22-23H,1,5-6H2,(H,19,24)(H4,17,18,20). The highest BCUT2D eigenvalue weighted by Crippen LogP contribution is 2.27. The van der Waals surface area contributed by atoms with Crippen molar-refractivity contribution in [2.24, 2.45) is 16.5 Å². The van der Waals surface area contributed by atoms with Crippen LogP contribution in [0.5, 0.6) is 0 Å². The zero-order chi connectivity index (χ0) is 20.9. The Morgan fingerprint density at radius 1 is 1.39 bits per heavy atom. The van der Waals surface area contributed by atoms with Crippen molar-refractivity contribution in [3.63, 3.8) is 0 Å². The van der Waals surface area contributed by atoms with E-state index >= 15 is 0 Å². The molecule has 150 valence electrons. The molecular weight excluding hydrogens is 411 g/mol. The molecule has 0 bridgehead atoms. The van der Waals surface area contributed by atoms with Crippen molar-refractivity contribution in [3.8, 4) is 0 Å². The Bertz CT molecular complexity index is 1030. The average molecular weight is 428 g/mol. The second-order valence-corrected chi connectivity index (χ2v) is 7.89. The maximum Gasteiger partial charge on any atom is 0.262 e. The van der Waals surface area contributed by atoms with Crippen LogP contribution in [0.3, 0.4) is 0 Å². The maximum atomic E-state index is 14.3. The third-order valence-electron chi connectivity index (χ3n) is 3.28. The average Bonchev–Trinajstić information content (AvgIpc) is 3.06. The maximum absolute atomic E-state index is 14.3. The summed E-state index contributed by atoms with van der Waals surface area (Å²) in [7, 11) is -4.13. The number of nitrogens with two attached hydrogens (primary N) is 2. The largest absolute Gasteiger partial charge is 0.506 e. The van der Waals surface area contributed by atoms with Gasteiger partial charge in [0.15, 0.2) is 5.96 Å². The van der Waals surface area contributed by atoms with Crippen molar-refractivity contribution in [2.75, 3.05) is 11.3 Å². The first-order chi connectivity index (χ1) is 13.1. The summed E-state index contributed by atoms with van der Waals surface area (Å²) in [5, 5.41) is 11.9. The summed E-state index contributed by atoms with van der Waals surface area (Å²) in [5.41, 5.74) is 11.6. The predicted octanol–water partition coefficient (Wildman–Crippen LogP) is 0.501. The number of hydrogen-bond acceptors (Lipinski definition) is 7. The Morgan fingerprint density at radius 2 is 2.11 bits per heavy atom. The number of thiazole rings is 1. The molecule has 10 nitrogen and oxygen atoms in total. The molecule has 0 unspecified atom stereocenters. The van der Waals surface area contributed by atoms with Crippen LogP contribution in [0.2, 0.25) is 0 Å². The molecule has 1 aromatic heterocycles. The number of benzene rings is 1. The normalized spacial score (nSPS) is 10.9. The fourth-order valence-corrected chi connectivity index (χ4v) is 3.99. The monoisotopic (exact) mass is 428 g/mol. The number of sulfonamides is 1. The fourth-order valence-electron chi connectivity index (χ4n) is 1.96. The molecule has 0 spiro atoms. The van der Waals surface area contributed by atoms with Gasteiger partial charge in [0.25, 0.3) is 10.0 Å². The highest BCUT2D eigenvalue weighted by Gasteiger charge is 2.20. The summed E-state index contributed by atoms with van der Waals surface area (Å²) in [6, 6.07) is 3.22. The van der Waals surface area contributed by atoms with Gasteiger partial charge >= 0.3 is 0 Å². The van der Waals surface area contributed by atoms with E-state index in [9.17, 15) is 22.7 Å². The van der Waals surface area contributed by atoms with Gasteiger partial charge in [-0.2, -0.15) is 0 Å². The van der Waals surface area contributed by atoms with E-state index in [0.29, 0.717) is 0 Å². The van der Waals surface area contributed by atoms with Crippen LogP contribution in [0.15, 0.2) is 40.2 Å². The van der Waals surface area contributed by atoms with Crippen LogP contribution in [0.25, 0.3) is 5.76 Å². The smallest absolute Gasteiger partial charge is 0.262 e. The Balaban J connectivity index is 2.12. The van der Waals surface area contributed by atoms with Gasteiger partial charge in [0, 0.05) is 12.1 Å². The number of aromatic nitrogens is 1. The van der Waals surface area contributed by atoms with Gasteiger partial charge in [-0.15, -0.1) is 11.3 Å². The highest BCUT2D eigenvalue weighted by atomic mass is 32.2. The van der Waals surface area contributed by atoms with Crippen molar-refractivity contribution >= 4 is 44.0 Å². The van der Waals surface area contributed by atoms with E-state index in [0.717, 1.165) is 17.4 Å². The fraction of sp³-hybridized carbons (Fsp3) is 0.133. The lowest BCUT2D eigenvalue weighted by molar-refractivity contribution is -0.119. The van der Waals surface area contributed by atoms with Crippen LogP contribution in [0.1, 0.15) is 11.3 Å². The Kier molecular flexibility index (Phi) is 6.53. The molecule has 13 heteroatoms. The summed E-state index contributed by atoms with van der Waals surface area (Å²) >= 11 is 0.933. The van der Waals surface area contributed by atoms with Gasteiger partial charge < -0.3 is 21.9 Å². The van der Waals surface area contributed by atoms with Crippen molar-refractivity contribution in [2.45, 2.75) is 11.4 Å². The molecule has 0 fully saturated rings. The molecule has 0 saturated heterocycles. The molecule has 0 aliphatic carbocycles. The summed E-state index contributed by atoms with van der Waals surface area (Å²) in [4.78, 5) is 18.5. The lowest BCUT2D eigenvalue weighted by Crippen LogP contribution is -2.29. The van der Waals surface area contributed by atoms with E-state index in [1.807, 2.05) is 0 Å². The van der Waals surface area contributed by atoms with E-state index < -0.39 is 27.5 Å². The third-order valence-corrected chi connectivity index (χ3v) is 5.50. The summed E-state index contributed by atoms with van der Waals surface area (Å²) in [6.45, 7) is 2.80. The SMILES string of the molecule is C=C(O)c1ncsc1NS(=O)(=O)c1ccc(CNC(=O)CN=C(N)N)c(F)c1. The molecule has 0 saturated carbocycles. The van der Waals surface area contributed by atoms with Crippen LogP contribution in [0.4, 0.5) is 9.39 Å². The Labute approximate surface area is 163 Å². The van der Waals surface area contributed by atoms with Crippen LogP contribution >= 0.6 is 11.3 Å². The lowest BCUT2D eigenvalue weighted by atomic mass is 10.2. The van der Waals surface area contributed by atoms with Crippen LogP contribution in [-0.2, 0) is 21.4 Å². The molecule has 7 N–H and O–H groups in total. The first-order valence-electron chi connectivity index (χ1n) is 7.55. The van der Waals surface area contributed by atoms with E-state index in [4.69, 9.17) is 11.5 Å². The molecular formula is C15H17FN6O4S2. The number of halogens is 1. The molecule has 0 aliphatic heterocycles. The topological polar surface area (TPSA) is 173 Å². The number of aliphatic hydroxyl groups is 1. The molecule has 0 atom stereocenters. The Hall–Kier alpha value is -3.19. The number of anilines is 1. The molecule has 2 aromatic rings. The number of aliphatic imine (C=N–C) groups is 1. The van der Waals surface area contributed by atoms with Crippen LogP contribution in [0, 0.1) is 5.82 Å². The van der Waals surface area contributed by atoms with Gasteiger partial charge in [0.1, 0.15) is 28.8 Å². The summed E-state index contributed by atoms with van der Waals surface area (Å²) < 4.78 is 41.3. The first-order valence-corrected chi connectivity index (χ1v) is 9.91. The summed E-state index contributed by atoms with van der Waals surface area (Å²) in [5.74, 6) is -2.02. The number of nitrogens with one attached hydrogen (secondary N) is 2. The number of aliphatic hydroxyl groups excluding tert-OH is 1. The Morgan fingerprint density at radius 3 is 2.71 bits per heavy atom. The molecule has 1 heterocycles. The van der Waals surface area contributed by atoms with Gasteiger partial charge in [0.05, 0.1) is 10.4 Å². The molecule has 1 aromatic carbocycles. The third kappa shape index (κ3) is 5.40. The van der Waals surface area contributed by atoms with E-state index in [1.54, 1.807) is 0 Å². The van der Waals surface area contributed by atoms with E-state index in [2.05, 4.69) is 26.6 Å². The van der Waals surface area contributed by atoms with E-state index in [1.165, 1.54) is 17.6 Å². The van der Waals surface area contributed by atoms with Gasteiger partial charge in [-0.1, -0.05) is 12.6 Å². The highest BCUT2D eigenvalue weighted by molar-refractivity contribution is 7.93. The zero-order valence-corrected chi connectivity index (χ0v) is 16.0. The first kappa shape index (κ1) is 21.1. The van der Waals surface area contributed by atoms with E-state index in [-0.39, 0.29) is 40.2 Å². The second kappa shape index (κ2) is 8.67. The number of guanidine groups is 1. The number of nitrogens with zero attached hydrogens (tertiary/aromatic N) is 2. The van der Waals surface area contributed by atoms with Gasteiger partial charge in [0.2, 0.25) is 5.91 Å². The van der Waals surface area contributed by atoms with Gasteiger partial charge in [-0.3, -0.25) is 9.52 Å².